The molecule has 96 valence electrons. The highest BCUT2D eigenvalue weighted by Gasteiger charge is 2.41. The Kier molecular flexibility index (Phi) is 2.84. The molecule has 7 heteroatoms. The molecule has 0 atom stereocenters. The monoisotopic (exact) mass is 261 g/mol. The predicted octanol–water partition coefficient (Wildman–Crippen LogP) is 2.15. The molecule has 2 rings (SSSR count). The van der Waals surface area contributed by atoms with Gasteiger partial charge in [0.1, 0.15) is 11.4 Å². The van der Waals surface area contributed by atoms with Crippen molar-refractivity contribution in [1.82, 2.24) is 0 Å². The number of anilines is 1. The van der Waals surface area contributed by atoms with Crippen molar-refractivity contribution in [2.75, 3.05) is 11.4 Å². The zero-order valence-electron chi connectivity index (χ0n) is 8.92. The Bertz CT molecular complexity index is 524. The summed E-state index contributed by atoms with van der Waals surface area (Å²) in [6.45, 7) is -0.453. The van der Waals surface area contributed by atoms with E-state index >= 15 is 0 Å². The number of ketones is 1. The number of alkyl halides is 3. The molecule has 0 radical (unpaired) electrons. The molecule has 18 heavy (non-hydrogen) atoms. The van der Waals surface area contributed by atoms with E-state index in [1.165, 1.54) is 0 Å². The summed E-state index contributed by atoms with van der Waals surface area (Å²) in [5.74, 6) is -2.71. The van der Waals surface area contributed by atoms with E-state index < -0.39 is 47.9 Å². The number of carbonyl (C=O) groups is 2. The second-order valence-corrected chi connectivity index (χ2v) is 3.83. The maximum Gasteiger partial charge on any atom is 0.421 e. The maximum absolute atomic E-state index is 13.3. The van der Waals surface area contributed by atoms with Gasteiger partial charge >= 0.3 is 6.18 Å². The fourth-order valence-electron chi connectivity index (χ4n) is 1.82. The van der Waals surface area contributed by atoms with Crippen LogP contribution in [0.15, 0.2) is 18.2 Å². The van der Waals surface area contributed by atoms with E-state index in [1.807, 2.05) is 0 Å². The van der Waals surface area contributed by atoms with Crippen LogP contribution in [0.1, 0.15) is 12.0 Å². The summed E-state index contributed by atoms with van der Waals surface area (Å²) in [4.78, 5) is 23.1. The predicted molar refractivity (Wildman–Crippen MR) is 53.4 cm³/mol. The van der Waals surface area contributed by atoms with E-state index in [-0.39, 0.29) is 0 Å². The van der Waals surface area contributed by atoms with Crippen LogP contribution in [0.4, 0.5) is 23.2 Å². The normalized spacial score (nSPS) is 16.6. The van der Waals surface area contributed by atoms with Gasteiger partial charge < -0.3 is 4.90 Å². The molecule has 1 aliphatic heterocycles. The third-order valence-corrected chi connectivity index (χ3v) is 2.55. The standard InChI is InChI=1S/C11H7F4NO2/c12-7-2-1-3-8(10(7)11(13,14)15)16-5-6(17)4-9(16)18/h1-3H,4-5H2. The Labute approximate surface area is 99.0 Å². The molecule has 0 saturated carbocycles. The summed E-state index contributed by atoms with van der Waals surface area (Å²) in [6.07, 6.45) is -5.37. The fourth-order valence-corrected chi connectivity index (χ4v) is 1.82. The van der Waals surface area contributed by atoms with E-state index in [0.717, 1.165) is 12.1 Å². The van der Waals surface area contributed by atoms with Gasteiger partial charge in [-0.15, -0.1) is 0 Å². The summed E-state index contributed by atoms with van der Waals surface area (Å²) in [5.41, 5.74) is -2.13. The number of benzene rings is 1. The summed E-state index contributed by atoms with van der Waals surface area (Å²) in [5, 5.41) is 0. The minimum atomic E-state index is -4.92. The van der Waals surface area contributed by atoms with Crippen molar-refractivity contribution in [2.45, 2.75) is 12.6 Å². The number of hydrogen-bond acceptors (Lipinski definition) is 2. The molecular formula is C11H7F4NO2. The minimum Gasteiger partial charge on any atom is -0.304 e. The Hall–Kier alpha value is -1.92. The van der Waals surface area contributed by atoms with Crippen molar-refractivity contribution in [2.24, 2.45) is 0 Å². The van der Waals surface area contributed by atoms with E-state index in [0.29, 0.717) is 11.0 Å². The summed E-state index contributed by atoms with van der Waals surface area (Å²) in [7, 11) is 0. The number of halogens is 4. The number of carbonyl (C=O) groups excluding carboxylic acids is 2. The lowest BCUT2D eigenvalue weighted by Gasteiger charge is -2.20. The highest BCUT2D eigenvalue weighted by atomic mass is 19.4. The largest absolute Gasteiger partial charge is 0.421 e. The third-order valence-electron chi connectivity index (χ3n) is 2.55. The highest BCUT2D eigenvalue weighted by Crippen LogP contribution is 2.39. The Morgan fingerprint density at radius 2 is 1.83 bits per heavy atom. The molecule has 1 aliphatic rings. The lowest BCUT2D eigenvalue weighted by Crippen LogP contribution is -2.28. The molecule has 0 bridgehead atoms. The van der Waals surface area contributed by atoms with Crippen LogP contribution in [-0.2, 0) is 15.8 Å². The number of nitrogens with zero attached hydrogens (tertiary/aromatic N) is 1. The van der Waals surface area contributed by atoms with E-state index in [1.54, 1.807) is 0 Å². The molecule has 1 aromatic rings. The summed E-state index contributed by atoms with van der Waals surface area (Å²) >= 11 is 0. The van der Waals surface area contributed by atoms with E-state index in [4.69, 9.17) is 0 Å². The first kappa shape index (κ1) is 12.5. The van der Waals surface area contributed by atoms with Crippen LogP contribution in [0.3, 0.4) is 0 Å². The first-order valence-electron chi connectivity index (χ1n) is 4.98. The van der Waals surface area contributed by atoms with Crippen LogP contribution in [0.25, 0.3) is 0 Å². The number of Topliss-reactive ketones (excluding diaryl/α,β-unsaturated/α-hetero) is 1. The first-order chi connectivity index (χ1) is 8.30. The number of hydrogen-bond donors (Lipinski definition) is 0. The van der Waals surface area contributed by atoms with Crippen LogP contribution < -0.4 is 4.90 Å². The van der Waals surface area contributed by atoms with Gasteiger partial charge in [-0.1, -0.05) is 6.07 Å². The van der Waals surface area contributed by atoms with Gasteiger partial charge in [-0.2, -0.15) is 13.2 Å². The van der Waals surface area contributed by atoms with Crippen molar-refractivity contribution in [3.63, 3.8) is 0 Å². The van der Waals surface area contributed by atoms with Crippen molar-refractivity contribution in [3.05, 3.63) is 29.6 Å². The smallest absolute Gasteiger partial charge is 0.304 e. The van der Waals surface area contributed by atoms with Gasteiger partial charge in [0.15, 0.2) is 5.78 Å². The van der Waals surface area contributed by atoms with Crippen molar-refractivity contribution in [1.29, 1.82) is 0 Å². The minimum absolute atomic E-state index is 0.451. The van der Waals surface area contributed by atoms with E-state index in [2.05, 4.69) is 0 Å². The van der Waals surface area contributed by atoms with Crippen molar-refractivity contribution < 1.29 is 27.2 Å². The molecule has 0 N–H and O–H groups in total. The topological polar surface area (TPSA) is 37.4 Å². The number of rotatable bonds is 1. The fraction of sp³-hybridized carbons (Fsp3) is 0.273. The number of amides is 1. The lowest BCUT2D eigenvalue weighted by molar-refractivity contribution is -0.139. The molecule has 0 unspecified atom stereocenters. The molecule has 1 aromatic carbocycles. The van der Waals surface area contributed by atoms with Gasteiger partial charge in [0.05, 0.1) is 18.7 Å². The molecule has 1 saturated heterocycles. The first-order valence-corrected chi connectivity index (χ1v) is 4.98. The van der Waals surface area contributed by atoms with Gasteiger partial charge in [0, 0.05) is 0 Å². The second kappa shape index (κ2) is 4.08. The Morgan fingerprint density at radius 1 is 1.17 bits per heavy atom. The Morgan fingerprint density at radius 3 is 2.33 bits per heavy atom. The quantitative estimate of drug-likeness (QED) is 0.573. The summed E-state index contributed by atoms with van der Waals surface area (Å²) in [6, 6.07) is 2.70. The molecule has 0 spiro atoms. The Balaban J connectivity index is 2.55. The highest BCUT2D eigenvalue weighted by molar-refractivity contribution is 6.15. The van der Waals surface area contributed by atoms with Crippen molar-refractivity contribution in [3.8, 4) is 0 Å². The molecule has 3 nitrogen and oxygen atoms in total. The van der Waals surface area contributed by atoms with Crippen LogP contribution in [0.5, 0.6) is 0 Å². The molecule has 1 heterocycles. The average Bonchev–Trinajstić information content (AvgIpc) is 2.55. The average molecular weight is 261 g/mol. The summed E-state index contributed by atoms with van der Waals surface area (Å²) < 4.78 is 51.5. The zero-order chi connectivity index (χ0) is 13.5. The maximum atomic E-state index is 13.3. The van der Waals surface area contributed by atoms with Gasteiger partial charge in [0.2, 0.25) is 5.91 Å². The van der Waals surface area contributed by atoms with Gasteiger partial charge in [-0.25, -0.2) is 4.39 Å². The third kappa shape index (κ3) is 2.07. The molecule has 1 fully saturated rings. The molecular weight excluding hydrogens is 254 g/mol. The van der Waals surface area contributed by atoms with Gasteiger partial charge in [0.25, 0.3) is 0 Å². The van der Waals surface area contributed by atoms with Crippen LogP contribution in [0, 0.1) is 5.82 Å². The van der Waals surface area contributed by atoms with Crippen LogP contribution in [0.2, 0.25) is 0 Å². The van der Waals surface area contributed by atoms with Crippen LogP contribution >= 0.6 is 0 Å². The SMILES string of the molecule is O=C1CC(=O)N(c2cccc(F)c2C(F)(F)F)C1. The van der Waals surface area contributed by atoms with E-state index in [9.17, 15) is 27.2 Å². The van der Waals surface area contributed by atoms with Crippen molar-refractivity contribution >= 4 is 17.4 Å². The lowest BCUT2D eigenvalue weighted by atomic mass is 10.1. The van der Waals surface area contributed by atoms with Crippen LogP contribution in [-0.4, -0.2) is 18.2 Å². The van der Waals surface area contributed by atoms with Gasteiger partial charge in [-0.05, 0) is 12.1 Å². The molecule has 0 aliphatic carbocycles. The molecule has 0 aromatic heterocycles. The molecule has 1 amide bonds. The second-order valence-electron chi connectivity index (χ2n) is 3.83. The zero-order valence-corrected chi connectivity index (χ0v) is 8.92. The van der Waals surface area contributed by atoms with Gasteiger partial charge in [-0.3, -0.25) is 9.59 Å².